The zero-order chi connectivity index (χ0) is 12.4. The minimum Gasteiger partial charge on any atom is -0.481 e. The van der Waals surface area contributed by atoms with E-state index < -0.39 is 17.6 Å². The van der Waals surface area contributed by atoms with E-state index in [1.54, 1.807) is 0 Å². The molecule has 1 fully saturated rings. The Morgan fingerprint density at radius 2 is 1.88 bits per heavy atom. The lowest BCUT2D eigenvalue weighted by molar-refractivity contribution is -0.142. The molecule has 0 heterocycles. The van der Waals surface area contributed by atoms with Gasteiger partial charge in [-0.25, -0.2) is 8.78 Å². The third kappa shape index (κ3) is 2.81. The van der Waals surface area contributed by atoms with E-state index in [0.29, 0.717) is 18.4 Å². The van der Waals surface area contributed by atoms with E-state index in [4.69, 9.17) is 5.11 Å². The van der Waals surface area contributed by atoms with Gasteiger partial charge in [-0.2, -0.15) is 0 Å². The molecular weight excluding hydrogens is 226 g/mol. The zero-order valence-corrected chi connectivity index (χ0v) is 9.33. The summed E-state index contributed by atoms with van der Waals surface area (Å²) in [6, 6.07) is 3.38. The average Bonchev–Trinajstić information content (AvgIpc) is 2.63. The maximum atomic E-state index is 13.0. The van der Waals surface area contributed by atoms with E-state index in [1.807, 2.05) is 0 Å². The number of carboxylic acids is 1. The first-order chi connectivity index (χ1) is 8.06. The molecule has 1 N–H and O–H groups in total. The van der Waals surface area contributed by atoms with Gasteiger partial charge in [0, 0.05) is 6.07 Å². The number of rotatable bonds is 3. The molecule has 1 aromatic carbocycles. The number of hydrogen-bond donors (Lipinski definition) is 1. The Morgan fingerprint density at radius 3 is 2.47 bits per heavy atom. The highest BCUT2D eigenvalue weighted by molar-refractivity contribution is 5.70. The summed E-state index contributed by atoms with van der Waals surface area (Å²) in [4.78, 5) is 11.0. The van der Waals surface area contributed by atoms with Crippen molar-refractivity contribution in [3.63, 3.8) is 0 Å². The normalized spacial score (nSPS) is 23.9. The van der Waals surface area contributed by atoms with E-state index in [0.717, 1.165) is 18.9 Å². The van der Waals surface area contributed by atoms with Crippen LogP contribution in [-0.4, -0.2) is 11.1 Å². The number of halogens is 2. The number of carbonyl (C=O) groups is 1. The van der Waals surface area contributed by atoms with Crippen molar-refractivity contribution in [2.75, 3.05) is 0 Å². The Hall–Kier alpha value is -1.45. The second-order valence-electron chi connectivity index (χ2n) is 4.62. The highest BCUT2D eigenvalue weighted by Crippen LogP contribution is 2.34. The summed E-state index contributed by atoms with van der Waals surface area (Å²) in [6.45, 7) is 0. The smallest absolute Gasteiger partial charge is 0.306 e. The monoisotopic (exact) mass is 240 g/mol. The molecule has 0 saturated heterocycles. The Balaban J connectivity index is 2.12. The van der Waals surface area contributed by atoms with Crippen molar-refractivity contribution in [1.29, 1.82) is 0 Å². The lowest BCUT2D eigenvalue weighted by Gasteiger charge is -2.15. The van der Waals surface area contributed by atoms with Crippen LogP contribution in [0.3, 0.4) is 0 Å². The molecule has 0 radical (unpaired) electrons. The molecule has 1 aliphatic rings. The first-order valence-electron chi connectivity index (χ1n) is 5.74. The van der Waals surface area contributed by atoms with Crippen LogP contribution < -0.4 is 0 Å². The van der Waals surface area contributed by atoms with Crippen LogP contribution in [0.5, 0.6) is 0 Å². The molecule has 0 bridgehead atoms. The number of hydrogen-bond acceptors (Lipinski definition) is 1. The van der Waals surface area contributed by atoms with Crippen LogP contribution in [0.1, 0.15) is 24.8 Å². The van der Waals surface area contributed by atoms with Gasteiger partial charge in [-0.1, -0.05) is 6.42 Å². The van der Waals surface area contributed by atoms with Crippen molar-refractivity contribution in [2.24, 2.45) is 11.8 Å². The van der Waals surface area contributed by atoms with Crippen molar-refractivity contribution in [1.82, 2.24) is 0 Å². The summed E-state index contributed by atoms with van der Waals surface area (Å²) in [5, 5.41) is 9.02. The predicted octanol–water partition coefficient (Wildman–Crippen LogP) is 3.01. The largest absolute Gasteiger partial charge is 0.481 e. The van der Waals surface area contributed by atoms with E-state index in [2.05, 4.69) is 0 Å². The fourth-order valence-corrected chi connectivity index (χ4v) is 2.64. The van der Waals surface area contributed by atoms with Crippen molar-refractivity contribution in [3.05, 3.63) is 35.4 Å². The zero-order valence-electron chi connectivity index (χ0n) is 9.33. The minimum atomic E-state index is -0.802. The summed E-state index contributed by atoms with van der Waals surface area (Å²) in [5.74, 6) is -2.39. The molecule has 2 atom stereocenters. The first kappa shape index (κ1) is 12.0. The van der Waals surface area contributed by atoms with Gasteiger partial charge in [-0.05, 0) is 42.9 Å². The van der Waals surface area contributed by atoms with E-state index in [1.165, 1.54) is 12.1 Å². The summed E-state index contributed by atoms with van der Waals surface area (Å²) in [7, 11) is 0. The molecule has 2 nitrogen and oxygen atoms in total. The van der Waals surface area contributed by atoms with Gasteiger partial charge < -0.3 is 5.11 Å². The van der Waals surface area contributed by atoms with Gasteiger partial charge in [-0.3, -0.25) is 4.79 Å². The van der Waals surface area contributed by atoms with Crippen LogP contribution in [0.4, 0.5) is 8.78 Å². The van der Waals surface area contributed by atoms with Gasteiger partial charge in [0.25, 0.3) is 0 Å². The summed E-state index contributed by atoms with van der Waals surface area (Å²) in [5.41, 5.74) is 0.542. The molecule has 0 aromatic heterocycles. The predicted molar refractivity (Wildman–Crippen MR) is 58.5 cm³/mol. The molecule has 2 rings (SSSR count). The highest BCUT2D eigenvalue weighted by Gasteiger charge is 2.32. The quantitative estimate of drug-likeness (QED) is 0.881. The highest BCUT2D eigenvalue weighted by atomic mass is 19.1. The van der Waals surface area contributed by atoms with Crippen LogP contribution in [0.2, 0.25) is 0 Å². The second-order valence-corrected chi connectivity index (χ2v) is 4.62. The maximum absolute atomic E-state index is 13.0. The van der Waals surface area contributed by atoms with Crippen LogP contribution in [0.25, 0.3) is 0 Å². The van der Waals surface area contributed by atoms with E-state index >= 15 is 0 Å². The van der Waals surface area contributed by atoms with Crippen LogP contribution in [0.15, 0.2) is 18.2 Å². The van der Waals surface area contributed by atoms with Crippen LogP contribution in [-0.2, 0) is 11.2 Å². The summed E-state index contributed by atoms with van der Waals surface area (Å²) >= 11 is 0. The third-order valence-corrected chi connectivity index (χ3v) is 3.40. The lowest BCUT2D eigenvalue weighted by Crippen LogP contribution is -2.20. The minimum absolute atomic E-state index is 0.00583. The molecule has 1 aliphatic carbocycles. The van der Waals surface area contributed by atoms with Crippen molar-refractivity contribution in [2.45, 2.75) is 25.7 Å². The number of aliphatic carboxylic acids is 1. The molecule has 1 saturated carbocycles. The van der Waals surface area contributed by atoms with Gasteiger partial charge in [0.15, 0.2) is 0 Å². The molecule has 0 aliphatic heterocycles. The van der Waals surface area contributed by atoms with Crippen molar-refractivity contribution in [3.8, 4) is 0 Å². The lowest BCUT2D eigenvalue weighted by atomic mass is 9.90. The summed E-state index contributed by atoms with van der Waals surface area (Å²) in [6.07, 6.45) is 2.79. The number of carboxylic acid groups (broad SMARTS) is 1. The standard InChI is InChI=1S/C13H14F2O2/c14-10-5-8(6-11(15)7-10)4-9-2-1-3-12(9)13(16)17/h5-7,9,12H,1-4H2,(H,16,17). The Labute approximate surface area is 98.3 Å². The summed E-state index contributed by atoms with van der Waals surface area (Å²) < 4.78 is 26.0. The van der Waals surface area contributed by atoms with Crippen molar-refractivity contribution < 1.29 is 18.7 Å². The van der Waals surface area contributed by atoms with Gasteiger partial charge in [0.1, 0.15) is 11.6 Å². The second kappa shape index (κ2) is 4.82. The molecule has 0 amide bonds. The Kier molecular flexibility index (Phi) is 3.41. The molecule has 2 unspecified atom stereocenters. The Morgan fingerprint density at radius 1 is 1.24 bits per heavy atom. The fourth-order valence-electron chi connectivity index (χ4n) is 2.64. The molecule has 92 valence electrons. The van der Waals surface area contributed by atoms with E-state index in [-0.39, 0.29) is 11.8 Å². The molecule has 4 heteroatoms. The molecule has 17 heavy (non-hydrogen) atoms. The number of benzene rings is 1. The van der Waals surface area contributed by atoms with E-state index in [9.17, 15) is 13.6 Å². The molecule has 1 aromatic rings. The topological polar surface area (TPSA) is 37.3 Å². The maximum Gasteiger partial charge on any atom is 0.306 e. The van der Waals surface area contributed by atoms with Crippen LogP contribution >= 0.6 is 0 Å². The fraction of sp³-hybridized carbons (Fsp3) is 0.462. The first-order valence-corrected chi connectivity index (χ1v) is 5.74. The van der Waals surface area contributed by atoms with Gasteiger partial charge in [-0.15, -0.1) is 0 Å². The SMILES string of the molecule is O=C(O)C1CCCC1Cc1cc(F)cc(F)c1. The van der Waals surface area contributed by atoms with Crippen molar-refractivity contribution >= 4 is 5.97 Å². The van der Waals surface area contributed by atoms with Gasteiger partial charge >= 0.3 is 5.97 Å². The molecular formula is C13H14F2O2. The average molecular weight is 240 g/mol. The molecule has 0 spiro atoms. The van der Waals surface area contributed by atoms with Gasteiger partial charge in [0.2, 0.25) is 0 Å². The van der Waals surface area contributed by atoms with Crippen LogP contribution in [0, 0.1) is 23.5 Å². The van der Waals surface area contributed by atoms with Gasteiger partial charge in [0.05, 0.1) is 5.92 Å². The Bertz CT molecular complexity index is 411. The third-order valence-electron chi connectivity index (χ3n) is 3.40.